The number of halogens is 1. The smallest absolute Gasteiger partial charge is 0.336 e. The van der Waals surface area contributed by atoms with E-state index in [2.05, 4.69) is 15.7 Å². The van der Waals surface area contributed by atoms with Crippen LogP contribution in [0, 0.1) is 5.82 Å². The van der Waals surface area contributed by atoms with Gasteiger partial charge in [-0.15, -0.1) is 5.10 Å². The van der Waals surface area contributed by atoms with Crippen molar-refractivity contribution in [2.75, 3.05) is 6.54 Å². The van der Waals surface area contributed by atoms with Gasteiger partial charge in [0.1, 0.15) is 5.82 Å². The van der Waals surface area contributed by atoms with Crippen LogP contribution in [0.25, 0.3) is 11.4 Å². The fourth-order valence-corrected chi connectivity index (χ4v) is 3.14. The van der Waals surface area contributed by atoms with E-state index in [4.69, 9.17) is 0 Å². The van der Waals surface area contributed by atoms with Gasteiger partial charge in [0, 0.05) is 24.7 Å². The molecule has 1 heterocycles. The minimum atomic E-state index is -0.334. The molecule has 8 heteroatoms. The van der Waals surface area contributed by atoms with E-state index >= 15 is 0 Å². The zero-order valence-electron chi connectivity index (χ0n) is 15.8. The van der Waals surface area contributed by atoms with Gasteiger partial charge in [-0.3, -0.25) is 4.57 Å². The molecule has 1 aliphatic carbocycles. The van der Waals surface area contributed by atoms with E-state index < -0.39 is 0 Å². The second-order valence-electron chi connectivity index (χ2n) is 7.03. The molecular weight excluding hydrogens is 373 g/mol. The van der Waals surface area contributed by atoms with Gasteiger partial charge in [0.2, 0.25) is 0 Å². The Hall–Kier alpha value is -3.42. The molecular formula is C21H22FN5O2. The molecule has 0 radical (unpaired) electrons. The maximum atomic E-state index is 13.2. The fourth-order valence-electron chi connectivity index (χ4n) is 3.14. The first-order chi connectivity index (χ1) is 14.1. The molecule has 150 valence electrons. The maximum Gasteiger partial charge on any atom is 0.346 e. The molecule has 3 aromatic rings. The largest absolute Gasteiger partial charge is 0.346 e. The summed E-state index contributed by atoms with van der Waals surface area (Å²) in [5.41, 5.74) is 1.49. The fraction of sp³-hybridized carbons (Fsp3) is 0.286. The molecule has 0 saturated heterocycles. The van der Waals surface area contributed by atoms with Crippen molar-refractivity contribution in [1.29, 1.82) is 0 Å². The third kappa shape index (κ3) is 4.53. The van der Waals surface area contributed by atoms with Gasteiger partial charge in [-0.05, 0) is 42.7 Å². The number of nitrogens with one attached hydrogen (secondary N) is 2. The van der Waals surface area contributed by atoms with Crippen LogP contribution in [-0.4, -0.2) is 26.9 Å². The number of hydrogen-bond acceptors (Lipinski definition) is 3. The van der Waals surface area contributed by atoms with Gasteiger partial charge in [0.25, 0.3) is 0 Å². The summed E-state index contributed by atoms with van der Waals surface area (Å²) in [6, 6.07) is 15.4. The number of benzene rings is 2. The van der Waals surface area contributed by atoms with E-state index in [0.717, 1.165) is 18.4 Å². The predicted octanol–water partition coefficient (Wildman–Crippen LogP) is 2.69. The lowest BCUT2D eigenvalue weighted by atomic mass is 10.2. The first-order valence-corrected chi connectivity index (χ1v) is 9.63. The van der Waals surface area contributed by atoms with Gasteiger partial charge in [0.15, 0.2) is 5.82 Å². The zero-order chi connectivity index (χ0) is 20.2. The van der Waals surface area contributed by atoms with Crippen molar-refractivity contribution in [2.45, 2.75) is 32.0 Å². The topological polar surface area (TPSA) is 81.0 Å². The maximum absolute atomic E-state index is 13.2. The summed E-state index contributed by atoms with van der Waals surface area (Å²) in [5.74, 6) is 0.199. The summed E-state index contributed by atoms with van der Waals surface area (Å²) in [7, 11) is 0. The SMILES string of the molecule is O=C(NCCn1nc(-c2ccc(F)cc2)n(C2CC2)c1=O)NCc1ccccc1. The van der Waals surface area contributed by atoms with Crippen LogP contribution in [0.1, 0.15) is 24.4 Å². The summed E-state index contributed by atoms with van der Waals surface area (Å²) in [4.78, 5) is 24.7. The van der Waals surface area contributed by atoms with Crippen LogP contribution in [0.2, 0.25) is 0 Å². The molecule has 1 saturated carbocycles. The van der Waals surface area contributed by atoms with Gasteiger partial charge in [-0.25, -0.2) is 18.7 Å². The lowest BCUT2D eigenvalue weighted by Gasteiger charge is -2.07. The van der Waals surface area contributed by atoms with Crippen LogP contribution in [0.3, 0.4) is 0 Å². The molecule has 1 aromatic heterocycles. The quantitative estimate of drug-likeness (QED) is 0.645. The van der Waals surface area contributed by atoms with Crippen LogP contribution >= 0.6 is 0 Å². The van der Waals surface area contributed by atoms with E-state index in [-0.39, 0.29) is 36.7 Å². The van der Waals surface area contributed by atoms with Gasteiger partial charge in [0.05, 0.1) is 6.54 Å². The minimum absolute atomic E-state index is 0.137. The zero-order valence-corrected chi connectivity index (χ0v) is 15.8. The van der Waals surface area contributed by atoms with E-state index in [0.29, 0.717) is 17.9 Å². The standard InChI is InChI=1S/C21H22FN5O2/c22-17-8-6-16(7-9-17)19-25-26(21(29)27(19)18-10-11-18)13-12-23-20(28)24-14-15-4-2-1-3-5-15/h1-9,18H,10-14H2,(H2,23,24,28). The Kier molecular flexibility index (Phi) is 5.41. The molecule has 0 spiro atoms. The van der Waals surface area contributed by atoms with Crippen molar-refractivity contribution in [1.82, 2.24) is 25.0 Å². The van der Waals surface area contributed by atoms with E-state index in [1.165, 1.54) is 16.8 Å². The molecule has 2 aromatic carbocycles. The molecule has 2 N–H and O–H groups in total. The number of nitrogens with zero attached hydrogens (tertiary/aromatic N) is 3. The van der Waals surface area contributed by atoms with Crippen molar-refractivity contribution < 1.29 is 9.18 Å². The van der Waals surface area contributed by atoms with Gasteiger partial charge < -0.3 is 10.6 Å². The molecule has 0 bridgehead atoms. The Morgan fingerprint density at radius 1 is 1.07 bits per heavy atom. The van der Waals surface area contributed by atoms with Crippen LogP contribution in [-0.2, 0) is 13.1 Å². The highest BCUT2D eigenvalue weighted by Crippen LogP contribution is 2.36. The number of hydrogen-bond donors (Lipinski definition) is 2. The van der Waals surface area contributed by atoms with E-state index in [1.807, 2.05) is 30.3 Å². The Balaban J connectivity index is 1.39. The van der Waals surface area contributed by atoms with Gasteiger partial charge in [-0.1, -0.05) is 30.3 Å². The summed E-state index contributed by atoms with van der Waals surface area (Å²) in [6.07, 6.45) is 1.86. The molecule has 7 nitrogen and oxygen atoms in total. The molecule has 1 fully saturated rings. The average Bonchev–Trinajstić information content (AvgIpc) is 3.52. The van der Waals surface area contributed by atoms with Crippen molar-refractivity contribution >= 4 is 6.03 Å². The second kappa shape index (κ2) is 8.30. The Morgan fingerprint density at radius 3 is 2.48 bits per heavy atom. The highest BCUT2D eigenvalue weighted by molar-refractivity contribution is 5.73. The highest BCUT2D eigenvalue weighted by atomic mass is 19.1. The van der Waals surface area contributed by atoms with Crippen molar-refractivity contribution in [3.63, 3.8) is 0 Å². The van der Waals surface area contributed by atoms with Gasteiger partial charge in [-0.2, -0.15) is 0 Å². The first kappa shape index (κ1) is 18.9. The van der Waals surface area contributed by atoms with Gasteiger partial charge >= 0.3 is 11.7 Å². The van der Waals surface area contributed by atoms with E-state index in [9.17, 15) is 14.0 Å². The third-order valence-corrected chi connectivity index (χ3v) is 4.79. The Morgan fingerprint density at radius 2 is 1.79 bits per heavy atom. The Bertz CT molecular complexity index is 1040. The summed E-state index contributed by atoms with van der Waals surface area (Å²) in [5, 5.41) is 9.95. The first-order valence-electron chi connectivity index (χ1n) is 9.63. The molecule has 4 rings (SSSR count). The molecule has 0 unspecified atom stereocenters. The lowest BCUT2D eigenvalue weighted by Crippen LogP contribution is -2.38. The molecule has 29 heavy (non-hydrogen) atoms. The lowest BCUT2D eigenvalue weighted by molar-refractivity contribution is 0.240. The monoisotopic (exact) mass is 395 g/mol. The molecule has 0 aliphatic heterocycles. The average molecular weight is 395 g/mol. The van der Waals surface area contributed by atoms with Crippen molar-refractivity contribution in [2.24, 2.45) is 0 Å². The predicted molar refractivity (Wildman–Crippen MR) is 107 cm³/mol. The summed E-state index contributed by atoms with van der Waals surface area (Å²) < 4.78 is 16.3. The number of aromatic nitrogens is 3. The Labute approximate surface area is 167 Å². The molecule has 0 atom stereocenters. The summed E-state index contributed by atoms with van der Waals surface area (Å²) >= 11 is 0. The van der Waals surface area contributed by atoms with Crippen LogP contribution < -0.4 is 16.3 Å². The molecule has 1 aliphatic rings. The van der Waals surface area contributed by atoms with Crippen LogP contribution in [0.15, 0.2) is 59.4 Å². The number of carbonyl (C=O) groups excluding carboxylic acids is 1. The number of rotatable bonds is 7. The molecule has 2 amide bonds. The van der Waals surface area contributed by atoms with Crippen molar-refractivity contribution in [3.05, 3.63) is 76.5 Å². The van der Waals surface area contributed by atoms with E-state index in [1.54, 1.807) is 16.7 Å². The van der Waals surface area contributed by atoms with Crippen LogP contribution in [0.4, 0.5) is 9.18 Å². The second-order valence-corrected chi connectivity index (χ2v) is 7.03. The number of urea groups is 1. The normalized spacial score (nSPS) is 13.3. The van der Waals surface area contributed by atoms with Crippen molar-refractivity contribution in [3.8, 4) is 11.4 Å². The number of amides is 2. The highest BCUT2D eigenvalue weighted by Gasteiger charge is 2.30. The van der Waals surface area contributed by atoms with Crippen LogP contribution in [0.5, 0.6) is 0 Å². The third-order valence-electron chi connectivity index (χ3n) is 4.79. The number of carbonyl (C=O) groups is 1. The summed E-state index contributed by atoms with van der Waals surface area (Å²) in [6.45, 7) is 0.953. The minimum Gasteiger partial charge on any atom is -0.336 e.